The van der Waals surface area contributed by atoms with E-state index < -0.39 is 0 Å². The van der Waals surface area contributed by atoms with Crippen molar-refractivity contribution in [1.29, 1.82) is 0 Å². The minimum absolute atomic E-state index is 0.0994. The van der Waals surface area contributed by atoms with Crippen molar-refractivity contribution in [2.75, 3.05) is 32.7 Å². The fraction of sp³-hybridized carbons (Fsp3) is 0.273. The lowest BCUT2D eigenvalue weighted by molar-refractivity contribution is 0.0634. The van der Waals surface area contributed by atoms with Crippen molar-refractivity contribution in [2.45, 2.75) is 6.92 Å². The van der Waals surface area contributed by atoms with Gasteiger partial charge >= 0.3 is 0 Å². The molecule has 2 heterocycles. The molecule has 30 heavy (non-hydrogen) atoms. The quantitative estimate of drug-likeness (QED) is 0.579. The summed E-state index contributed by atoms with van der Waals surface area (Å²) < 4.78 is 14.9. The minimum Gasteiger partial charge on any atom is -0.335 e. The first-order valence-electron chi connectivity index (χ1n) is 9.79. The molecule has 0 radical (unpaired) electrons. The molecule has 5 nitrogen and oxygen atoms in total. The Kier molecular flexibility index (Phi) is 6.09. The van der Waals surface area contributed by atoms with E-state index in [-0.39, 0.29) is 11.7 Å². The van der Waals surface area contributed by atoms with Crippen molar-refractivity contribution in [3.63, 3.8) is 0 Å². The highest BCUT2D eigenvalue weighted by molar-refractivity contribution is 6.42. The lowest BCUT2D eigenvalue weighted by Gasteiger charge is -2.34. The van der Waals surface area contributed by atoms with Gasteiger partial charge in [0.25, 0.3) is 5.91 Å². The van der Waals surface area contributed by atoms with Crippen LogP contribution in [0.3, 0.4) is 0 Å². The number of nitrogens with zero attached hydrogens (tertiary/aromatic N) is 4. The number of rotatable bonds is 4. The molecule has 0 N–H and O–H groups in total. The van der Waals surface area contributed by atoms with E-state index >= 15 is 0 Å². The highest BCUT2D eigenvalue weighted by Crippen LogP contribution is 2.28. The summed E-state index contributed by atoms with van der Waals surface area (Å²) in [7, 11) is 0. The van der Waals surface area contributed by atoms with E-state index in [2.05, 4.69) is 16.9 Å². The summed E-state index contributed by atoms with van der Waals surface area (Å²) in [6.45, 7) is 6.09. The van der Waals surface area contributed by atoms with Crippen LogP contribution in [0.1, 0.15) is 17.4 Å². The van der Waals surface area contributed by atoms with Crippen LogP contribution in [0.5, 0.6) is 0 Å². The highest BCUT2D eigenvalue weighted by atomic mass is 35.5. The van der Waals surface area contributed by atoms with Crippen molar-refractivity contribution >= 4 is 29.1 Å². The lowest BCUT2D eigenvalue weighted by Crippen LogP contribution is -2.48. The lowest BCUT2D eigenvalue weighted by atomic mass is 10.1. The van der Waals surface area contributed by atoms with Gasteiger partial charge in [0.2, 0.25) is 0 Å². The molecule has 0 unspecified atom stereocenters. The minimum atomic E-state index is -0.326. The third kappa shape index (κ3) is 4.21. The average molecular weight is 447 g/mol. The molecule has 0 spiro atoms. The molecule has 0 aliphatic carbocycles. The van der Waals surface area contributed by atoms with E-state index in [1.165, 1.54) is 12.1 Å². The van der Waals surface area contributed by atoms with E-state index in [1.54, 1.807) is 41.1 Å². The SMILES string of the molecule is CCN1CCN(C(=O)c2cc(-c3ccc(F)cc3)nn2-c2ccc(Cl)c(Cl)c2)CC1. The zero-order valence-electron chi connectivity index (χ0n) is 16.5. The number of benzene rings is 2. The van der Waals surface area contributed by atoms with Crippen LogP contribution in [-0.4, -0.2) is 58.2 Å². The van der Waals surface area contributed by atoms with Gasteiger partial charge < -0.3 is 9.80 Å². The molecule has 1 aliphatic rings. The van der Waals surface area contributed by atoms with Gasteiger partial charge in [0.05, 0.1) is 21.4 Å². The van der Waals surface area contributed by atoms with Crippen molar-refractivity contribution in [3.05, 3.63) is 70.1 Å². The smallest absolute Gasteiger partial charge is 0.272 e. The summed E-state index contributed by atoms with van der Waals surface area (Å²) in [5, 5.41) is 5.44. The van der Waals surface area contributed by atoms with Gasteiger partial charge in [-0.1, -0.05) is 30.1 Å². The first-order valence-corrected chi connectivity index (χ1v) is 10.5. The number of halogens is 3. The Morgan fingerprint density at radius 3 is 2.33 bits per heavy atom. The first kappa shape index (κ1) is 20.8. The molecule has 2 aromatic carbocycles. The highest BCUT2D eigenvalue weighted by Gasteiger charge is 2.26. The third-order valence-electron chi connectivity index (χ3n) is 5.32. The predicted molar refractivity (Wildman–Crippen MR) is 117 cm³/mol. The van der Waals surface area contributed by atoms with Gasteiger partial charge in [-0.2, -0.15) is 5.10 Å². The van der Waals surface area contributed by atoms with E-state index in [4.69, 9.17) is 23.2 Å². The molecule has 1 aromatic heterocycles. The van der Waals surface area contributed by atoms with Crippen molar-refractivity contribution in [3.8, 4) is 16.9 Å². The molecular weight excluding hydrogens is 426 g/mol. The summed E-state index contributed by atoms with van der Waals surface area (Å²) >= 11 is 12.3. The number of hydrogen-bond donors (Lipinski definition) is 0. The third-order valence-corrected chi connectivity index (χ3v) is 6.06. The predicted octanol–water partition coefficient (Wildman–Crippen LogP) is 4.76. The number of amides is 1. The molecule has 0 bridgehead atoms. The molecule has 8 heteroatoms. The number of hydrogen-bond acceptors (Lipinski definition) is 3. The standard InChI is InChI=1S/C22H21Cl2FN4O/c1-2-27-9-11-28(12-10-27)22(30)21-14-20(15-3-5-16(25)6-4-15)26-29(21)17-7-8-18(23)19(24)13-17/h3-8,13-14H,2,9-12H2,1H3. The largest absolute Gasteiger partial charge is 0.335 e. The summed E-state index contributed by atoms with van der Waals surface area (Å²) in [5.74, 6) is -0.426. The first-order chi connectivity index (χ1) is 14.5. The monoisotopic (exact) mass is 446 g/mol. The van der Waals surface area contributed by atoms with Crippen LogP contribution in [0.4, 0.5) is 4.39 Å². The molecular formula is C22H21Cl2FN4O. The topological polar surface area (TPSA) is 41.4 Å². The Hall–Kier alpha value is -2.41. The van der Waals surface area contributed by atoms with Crippen molar-refractivity contribution in [2.24, 2.45) is 0 Å². The Balaban J connectivity index is 1.74. The molecule has 0 atom stereocenters. The van der Waals surface area contributed by atoms with E-state index in [9.17, 15) is 9.18 Å². The number of aromatic nitrogens is 2. The number of piperazine rings is 1. The Morgan fingerprint density at radius 2 is 1.70 bits per heavy atom. The number of carbonyl (C=O) groups is 1. The van der Waals surface area contributed by atoms with E-state index in [0.29, 0.717) is 40.2 Å². The van der Waals surface area contributed by atoms with Gasteiger partial charge in [0, 0.05) is 31.7 Å². The van der Waals surface area contributed by atoms with Crippen LogP contribution >= 0.6 is 23.2 Å². The zero-order valence-corrected chi connectivity index (χ0v) is 18.0. The maximum absolute atomic E-state index is 13.4. The average Bonchev–Trinajstić information content (AvgIpc) is 3.21. The van der Waals surface area contributed by atoms with Gasteiger partial charge in [-0.15, -0.1) is 0 Å². The van der Waals surface area contributed by atoms with Gasteiger partial charge in [-0.25, -0.2) is 9.07 Å². The fourth-order valence-electron chi connectivity index (χ4n) is 3.54. The van der Waals surface area contributed by atoms with Gasteiger partial charge in [0.15, 0.2) is 0 Å². The maximum Gasteiger partial charge on any atom is 0.272 e. The van der Waals surface area contributed by atoms with Crippen LogP contribution < -0.4 is 0 Å². The number of likely N-dealkylation sites (N-methyl/N-ethyl adjacent to an activating group) is 1. The summed E-state index contributed by atoms with van der Waals surface area (Å²) in [4.78, 5) is 17.5. The number of carbonyl (C=O) groups excluding carboxylic acids is 1. The molecule has 1 fully saturated rings. The normalized spacial score (nSPS) is 14.9. The molecule has 156 valence electrons. The van der Waals surface area contributed by atoms with Crippen LogP contribution in [0.15, 0.2) is 48.5 Å². The van der Waals surface area contributed by atoms with Crippen molar-refractivity contribution in [1.82, 2.24) is 19.6 Å². The van der Waals surface area contributed by atoms with Crippen molar-refractivity contribution < 1.29 is 9.18 Å². The van der Waals surface area contributed by atoms with Gasteiger partial charge in [0.1, 0.15) is 11.5 Å². The Labute approximate surface area is 184 Å². The maximum atomic E-state index is 13.4. The molecule has 1 amide bonds. The molecule has 4 rings (SSSR count). The summed E-state index contributed by atoms with van der Waals surface area (Å²) in [5.41, 5.74) is 2.36. The van der Waals surface area contributed by atoms with E-state index in [0.717, 1.165) is 25.2 Å². The Morgan fingerprint density at radius 1 is 1.00 bits per heavy atom. The second-order valence-electron chi connectivity index (χ2n) is 7.16. The molecule has 1 saturated heterocycles. The molecule has 0 saturated carbocycles. The second kappa shape index (κ2) is 8.76. The Bertz CT molecular complexity index is 1060. The van der Waals surface area contributed by atoms with E-state index in [1.807, 2.05) is 4.90 Å². The van der Waals surface area contributed by atoms with Crippen LogP contribution in [-0.2, 0) is 0 Å². The molecule has 3 aromatic rings. The van der Waals surface area contributed by atoms with Gasteiger partial charge in [-0.05, 0) is 55.1 Å². The van der Waals surface area contributed by atoms with Gasteiger partial charge in [-0.3, -0.25) is 4.79 Å². The zero-order chi connectivity index (χ0) is 21.3. The van der Waals surface area contributed by atoms with Crippen LogP contribution in [0.2, 0.25) is 10.0 Å². The second-order valence-corrected chi connectivity index (χ2v) is 7.97. The fourth-order valence-corrected chi connectivity index (χ4v) is 3.83. The summed E-state index contributed by atoms with van der Waals surface area (Å²) in [6.07, 6.45) is 0. The molecule has 1 aliphatic heterocycles. The van der Waals surface area contributed by atoms with Crippen LogP contribution in [0.25, 0.3) is 16.9 Å². The van der Waals surface area contributed by atoms with Crippen LogP contribution in [0, 0.1) is 5.82 Å². The summed E-state index contributed by atoms with van der Waals surface area (Å²) in [6, 6.07) is 12.9.